The number of benzene rings is 2. The van der Waals surface area contributed by atoms with Crippen molar-refractivity contribution in [1.82, 2.24) is 5.32 Å². The molecule has 0 spiro atoms. The molecule has 0 aliphatic carbocycles. The predicted octanol–water partition coefficient (Wildman–Crippen LogP) is 8.76. The van der Waals surface area contributed by atoms with Gasteiger partial charge in [-0.1, -0.05) is 114 Å². The van der Waals surface area contributed by atoms with Crippen LogP contribution in [0.2, 0.25) is 0 Å². The van der Waals surface area contributed by atoms with Crippen molar-refractivity contribution in [2.24, 2.45) is 0 Å². The van der Waals surface area contributed by atoms with E-state index in [4.69, 9.17) is 9.47 Å². The number of hydrogen-bond acceptors (Lipinski definition) is 3. The fraction of sp³-hybridized carbons (Fsp3) is 0.613. The number of nitrogens with one attached hydrogen (secondary N) is 1. The van der Waals surface area contributed by atoms with Gasteiger partial charge in [0.05, 0.1) is 13.2 Å². The molecule has 0 aromatic heterocycles. The van der Waals surface area contributed by atoms with Crippen molar-refractivity contribution in [2.75, 3.05) is 13.2 Å². The van der Waals surface area contributed by atoms with Gasteiger partial charge < -0.3 is 14.8 Å². The molecular weight excluding hydrogens is 418 g/mol. The zero-order chi connectivity index (χ0) is 24.3. The molecule has 2 rings (SSSR count). The molecule has 34 heavy (non-hydrogen) atoms. The molecule has 3 nitrogen and oxygen atoms in total. The van der Waals surface area contributed by atoms with E-state index in [1.54, 1.807) is 0 Å². The Labute approximate surface area is 209 Å². The molecule has 0 aliphatic heterocycles. The van der Waals surface area contributed by atoms with Crippen molar-refractivity contribution in [3.8, 4) is 11.5 Å². The van der Waals surface area contributed by atoms with Gasteiger partial charge in [-0.3, -0.25) is 0 Å². The van der Waals surface area contributed by atoms with Crippen molar-refractivity contribution in [1.29, 1.82) is 0 Å². The van der Waals surface area contributed by atoms with Gasteiger partial charge in [0.2, 0.25) is 0 Å². The fourth-order valence-electron chi connectivity index (χ4n) is 4.21. The van der Waals surface area contributed by atoms with Crippen LogP contribution in [0.1, 0.15) is 108 Å². The molecule has 0 fully saturated rings. The Kier molecular flexibility index (Phi) is 15.2. The maximum Gasteiger partial charge on any atom is 0.127 e. The van der Waals surface area contributed by atoms with Gasteiger partial charge in [-0.25, -0.2) is 0 Å². The minimum atomic E-state index is 0.776. The van der Waals surface area contributed by atoms with Crippen LogP contribution in [0.5, 0.6) is 11.5 Å². The number of unbranched alkanes of at least 4 members (excludes halogenated alkanes) is 10. The molecule has 0 amide bonds. The summed E-state index contributed by atoms with van der Waals surface area (Å²) in [5.41, 5.74) is 3.81. The smallest absolute Gasteiger partial charge is 0.127 e. The molecule has 0 bridgehead atoms. The molecule has 3 heteroatoms. The molecule has 0 heterocycles. The second-order valence-corrected chi connectivity index (χ2v) is 9.59. The third kappa shape index (κ3) is 12.5. The lowest BCUT2D eigenvalue weighted by atomic mass is 10.1. The van der Waals surface area contributed by atoms with Crippen LogP contribution >= 0.6 is 0 Å². The highest BCUT2D eigenvalue weighted by atomic mass is 16.5. The summed E-state index contributed by atoms with van der Waals surface area (Å²) in [5, 5.41) is 3.59. The molecule has 0 saturated heterocycles. The molecule has 190 valence electrons. The van der Waals surface area contributed by atoms with Crippen LogP contribution in [-0.4, -0.2) is 13.2 Å². The summed E-state index contributed by atoms with van der Waals surface area (Å²) < 4.78 is 12.3. The van der Waals surface area contributed by atoms with Crippen LogP contribution in [0, 0.1) is 6.92 Å². The average molecular weight is 468 g/mol. The first-order chi connectivity index (χ1) is 16.7. The molecular formula is C31H49NO2. The summed E-state index contributed by atoms with van der Waals surface area (Å²) in [7, 11) is 0. The number of rotatable bonds is 20. The molecule has 0 radical (unpaired) electrons. The van der Waals surface area contributed by atoms with E-state index in [-0.39, 0.29) is 0 Å². The topological polar surface area (TPSA) is 30.5 Å². The molecule has 2 aromatic carbocycles. The van der Waals surface area contributed by atoms with Crippen LogP contribution in [0.4, 0.5) is 0 Å². The second-order valence-electron chi connectivity index (χ2n) is 9.59. The third-order valence-corrected chi connectivity index (χ3v) is 6.29. The number of hydrogen-bond donors (Lipinski definition) is 1. The molecule has 0 atom stereocenters. The van der Waals surface area contributed by atoms with Crippen molar-refractivity contribution < 1.29 is 9.47 Å². The van der Waals surface area contributed by atoms with Crippen LogP contribution in [0.15, 0.2) is 42.5 Å². The summed E-state index contributed by atoms with van der Waals surface area (Å²) in [6, 6.07) is 15.0. The van der Waals surface area contributed by atoms with Gasteiger partial charge in [-0.15, -0.1) is 0 Å². The van der Waals surface area contributed by atoms with Crippen molar-refractivity contribution in [3.05, 3.63) is 59.2 Å². The molecule has 0 unspecified atom stereocenters. The summed E-state index contributed by atoms with van der Waals surface area (Å²) in [5.74, 6) is 1.89. The Morgan fingerprint density at radius 2 is 1.29 bits per heavy atom. The lowest BCUT2D eigenvalue weighted by Gasteiger charge is -2.15. The Balaban J connectivity index is 1.84. The maximum absolute atomic E-state index is 6.26. The summed E-state index contributed by atoms with van der Waals surface area (Å²) >= 11 is 0. The van der Waals surface area contributed by atoms with E-state index in [0.717, 1.165) is 50.6 Å². The largest absolute Gasteiger partial charge is 0.493 e. The van der Waals surface area contributed by atoms with Gasteiger partial charge in [0.1, 0.15) is 11.5 Å². The van der Waals surface area contributed by atoms with E-state index in [1.807, 2.05) is 0 Å². The maximum atomic E-state index is 6.26. The molecule has 0 aliphatic rings. The summed E-state index contributed by atoms with van der Waals surface area (Å²) in [6.07, 6.45) is 15.3. The van der Waals surface area contributed by atoms with E-state index in [2.05, 4.69) is 68.6 Å². The Hall–Kier alpha value is -2.00. The standard InChI is InChI=1S/C31H49NO2/c1-4-6-8-10-12-14-21-33-30-20-19-29(26-32-25-28-18-16-17-27(3)23-28)31(24-30)34-22-15-13-11-9-7-5-2/h16-20,23-24,32H,4-15,21-22,25-26H2,1-3H3. The highest BCUT2D eigenvalue weighted by Crippen LogP contribution is 2.26. The molecule has 0 saturated carbocycles. The second kappa shape index (κ2) is 18.3. The van der Waals surface area contributed by atoms with Crippen LogP contribution < -0.4 is 14.8 Å². The lowest BCUT2D eigenvalue weighted by Crippen LogP contribution is -2.14. The predicted molar refractivity (Wildman–Crippen MR) is 146 cm³/mol. The van der Waals surface area contributed by atoms with E-state index in [1.165, 1.54) is 80.9 Å². The van der Waals surface area contributed by atoms with Crippen LogP contribution in [0.3, 0.4) is 0 Å². The van der Waals surface area contributed by atoms with Gasteiger partial charge >= 0.3 is 0 Å². The molecule has 1 N–H and O–H groups in total. The number of aryl methyl sites for hydroxylation is 1. The van der Waals surface area contributed by atoms with E-state index < -0.39 is 0 Å². The first-order valence-corrected chi connectivity index (χ1v) is 13.9. The quantitative estimate of drug-likeness (QED) is 0.197. The van der Waals surface area contributed by atoms with Gasteiger partial charge in [0.25, 0.3) is 0 Å². The van der Waals surface area contributed by atoms with E-state index >= 15 is 0 Å². The summed E-state index contributed by atoms with van der Waals surface area (Å²) in [4.78, 5) is 0. The van der Waals surface area contributed by atoms with Crippen molar-refractivity contribution in [2.45, 2.75) is 111 Å². The van der Waals surface area contributed by atoms with Gasteiger partial charge in [0.15, 0.2) is 0 Å². The third-order valence-electron chi connectivity index (χ3n) is 6.29. The van der Waals surface area contributed by atoms with Gasteiger partial charge in [-0.05, 0) is 31.4 Å². The zero-order valence-electron chi connectivity index (χ0n) is 22.2. The Morgan fingerprint density at radius 3 is 1.97 bits per heavy atom. The highest BCUT2D eigenvalue weighted by molar-refractivity contribution is 5.41. The van der Waals surface area contributed by atoms with Crippen LogP contribution in [-0.2, 0) is 13.1 Å². The minimum Gasteiger partial charge on any atom is -0.493 e. The Morgan fingerprint density at radius 1 is 0.647 bits per heavy atom. The fourth-order valence-corrected chi connectivity index (χ4v) is 4.21. The van der Waals surface area contributed by atoms with Gasteiger partial charge in [0, 0.05) is 24.7 Å². The van der Waals surface area contributed by atoms with Crippen molar-refractivity contribution in [3.63, 3.8) is 0 Å². The van der Waals surface area contributed by atoms with Gasteiger partial charge in [-0.2, -0.15) is 0 Å². The van der Waals surface area contributed by atoms with E-state index in [0.29, 0.717) is 0 Å². The first kappa shape index (κ1) is 28.2. The SMILES string of the molecule is CCCCCCCCOc1ccc(CNCc2cccc(C)c2)c(OCCCCCCCC)c1. The minimum absolute atomic E-state index is 0.776. The lowest BCUT2D eigenvalue weighted by molar-refractivity contribution is 0.287. The summed E-state index contributed by atoms with van der Waals surface area (Å²) in [6.45, 7) is 9.87. The normalized spacial score (nSPS) is 11.0. The first-order valence-electron chi connectivity index (χ1n) is 13.9. The zero-order valence-corrected chi connectivity index (χ0v) is 22.2. The Bertz CT molecular complexity index is 774. The van der Waals surface area contributed by atoms with Crippen LogP contribution in [0.25, 0.3) is 0 Å². The molecule has 2 aromatic rings. The average Bonchev–Trinajstić information content (AvgIpc) is 2.84. The highest BCUT2D eigenvalue weighted by Gasteiger charge is 2.07. The van der Waals surface area contributed by atoms with Crippen molar-refractivity contribution >= 4 is 0 Å². The number of ether oxygens (including phenoxy) is 2. The monoisotopic (exact) mass is 467 g/mol. The van der Waals surface area contributed by atoms with E-state index in [9.17, 15) is 0 Å².